The summed E-state index contributed by atoms with van der Waals surface area (Å²) in [5.41, 5.74) is 1.12. The fraction of sp³-hybridized carbons (Fsp3) is 0.500. The van der Waals surface area contributed by atoms with Crippen LogP contribution < -0.4 is 4.90 Å². The van der Waals surface area contributed by atoms with Crippen molar-refractivity contribution in [3.63, 3.8) is 0 Å². The molecule has 0 N–H and O–H groups in total. The molecule has 0 amide bonds. The van der Waals surface area contributed by atoms with Crippen LogP contribution in [0.4, 0.5) is 5.82 Å². The van der Waals surface area contributed by atoms with E-state index < -0.39 is 0 Å². The Morgan fingerprint density at radius 3 is 3.06 bits per heavy atom. The van der Waals surface area contributed by atoms with Gasteiger partial charge in [-0.1, -0.05) is 0 Å². The van der Waals surface area contributed by atoms with E-state index in [1.807, 2.05) is 17.9 Å². The van der Waals surface area contributed by atoms with Gasteiger partial charge in [-0.25, -0.2) is 9.78 Å². The normalized spacial score (nSPS) is 19.5. The molecule has 0 aliphatic carbocycles. The maximum atomic E-state index is 11.6. The van der Waals surface area contributed by atoms with Crippen molar-refractivity contribution >= 4 is 27.7 Å². The Balaban J connectivity index is 2.26. The maximum Gasteiger partial charge on any atom is 0.328 e. The second-order valence-corrected chi connectivity index (χ2v) is 5.02. The molecule has 0 spiro atoms. The van der Waals surface area contributed by atoms with Crippen molar-refractivity contribution in [2.45, 2.75) is 25.8 Å². The molecule has 0 bridgehead atoms. The van der Waals surface area contributed by atoms with Crippen molar-refractivity contribution in [2.24, 2.45) is 0 Å². The summed E-state index contributed by atoms with van der Waals surface area (Å²) in [4.78, 5) is 18.0. The molecule has 1 unspecified atom stereocenters. The molecule has 0 saturated carbocycles. The Morgan fingerprint density at radius 2 is 2.41 bits per heavy atom. The molecule has 2 heterocycles. The Hall–Kier alpha value is -1.10. The van der Waals surface area contributed by atoms with Gasteiger partial charge in [0.05, 0.1) is 7.11 Å². The summed E-state index contributed by atoms with van der Waals surface area (Å²) in [5, 5.41) is 0. The number of pyridine rings is 1. The van der Waals surface area contributed by atoms with Crippen LogP contribution in [-0.4, -0.2) is 30.6 Å². The zero-order chi connectivity index (χ0) is 12.4. The van der Waals surface area contributed by atoms with Crippen molar-refractivity contribution in [1.82, 2.24) is 4.98 Å². The standard InChI is InChI=1S/C12H15BrN2O2/c1-8-6-11(14-7-9(8)13)15-5-3-4-10(15)12(16)17-2/h6-7,10H,3-5H2,1-2H3. The highest BCUT2D eigenvalue weighted by Gasteiger charge is 2.32. The van der Waals surface area contributed by atoms with Gasteiger partial charge in [0.1, 0.15) is 11.9 Å². The molecule has 0 radical (unpaired) electrons. The van der Waals surface area contributed by atoms with Gasteiger partial charge in [0.25, 0.3) is 0 Å². The molecule has 1 aromatic heterocycles. The van der Waals surface area contributed by atoms with E-state index in [4.69, 9.17) is 4.74 Å². The summed E-state index contributed by atoms with van der Waals surface area (Å²) in [7, 11) is 1.43. The fourth-order valence-corrected chi connectivity index (χ4v) is 2.32. The van der Waals surface area contributed by atoms with Crippen LogP contribution in [0.5, 0.6) is 0 Å². The number of ether oxygens (including phenoxy) is 1. The molecule has 1 atom stereocenters. The molecule has 1 saturated heterocycles. The summed E-state index contributed by atoms with van der Waals surface area (Å²) in [6, 6.07) is 1.80. The van der Waals surface area contributed by atoms with Crippen LogP contribution in [0.1, 0.15) is 18.4 Å². The monoisotopic (exact) mass is 298 g/mol. The predicted octanol–water partition coefficient (Wildman–Crippen LogP) is 2.29. The lowest BCUT2D eigenvalue weighted by Crippen LogP contribution is -2.37. The van der Waals surface area contributed by atoms with E-state index in [0.29, 0.717) is 0 Å². The summed E-state index contributed by atoms with van der Waals surface area (Å²) in [5.74, 6) is 0.670. The lowest BCUT2D eigenvalue weighted by Gasteiger charge is -2.24. The zero-order valence-electron chi connectivity index (χ0n) is 9.94. The molecule has 92 valence electrons. The Morgan fingerprint density at radius 1 is 1.65 bits per heavy atom. The fourth-order valence-electron chi connectivity index (χ4n) is 2.10. The van der Waals surface area contributed by atoms with Crippen molar-refractivity contribution in [1.29, 1.82) is 0 Å². The molecule has 1 aromatic rings. The van der Waals surface area contributed by atoms with Gasteiger partial charge in [0.15, 0.2) is 0 Å². The first kappa shape index (κ1) is 12.4. The van der Waals surface area contributed by atoms with E-state index in [1.165, 1.54) is 7.11 Å². The summed E-state index contributed by atoms with van der Waals surface area (Å²) < 4.78 is 5.80. The number of methoxy groups -OCH3 is 1. The van der Waals surface area contributed by atoms with Gasteiger partial charge in [0, 0.05) is 17.2 Å². The van der Waals surface area contributed by atoms with Crippen LogP contribution in [0.3, 0.4) is 0 Å². The quantitative estimate of drug-likeness (QED) is 0.786. The number of rotatable bonds is 2. The number of carbonyl (C=O) groups is 1. The third-order valence-electron chi connectivity index (χ3n) is 3.05. The smallest absolute Gasteiger partial charge is 0.328 e. The SMILES string of the molecule is COC(=O)C1CCCN1c1cc(C)c(Br)cn1. The summed E-state index contributed by atoms with van der Waals surface area (Å²) in [6.45, 7) is 2.87. The molecule has 17 heavy (non-hydrogen) atoms. The van der Waals surface area contributed by atoms with Gasteiger partial charge in [-0.15, -0.1) is 0 Å². The largest absolute Gasteiger partial charge is 0.467 e. The molecule has 1 aliphatic rings. The lowest BCUT2D eigenvalue weighted by atomic mass is 10.2. The van der Waals surface area contributed by atoms with Gasteiger partial charge in [-0.05, 0) is 47.3 Å². The van der Waals surface area contributed by atoms with Crippen LogP contribution >= 0.6 is 15.9 Å². The number of nitrogens with zero attached hydrogens (tertiary/aromatic N) is 2. The number of anilines is 1. The number of aryl methyl sites for hydroxylation is 1. The van der Waals surface area contributed by atoms with E-state index in [9.17, 15) is 4.79 Å². The van der Waals surface area contributed by atoms with Gasteiger partial charge in [-0.2, -0.15) is 0 Å². The summed E-state index contributed by atoms with van der Waals surface area (Å²) >= 11 is 3.42. The number of hydrogen-bond donors (Lipinski definition) is 0. The van der Waals surface area contributed by atoms with Crippen molar-refractivity contribution in [3.05, 3.63) is 22.3 Å². The Bertz CT molecular complexity index is 437. The second-order valence-electron chi connectivity index (χ2n) is 4.17. The minimum atomic E-state index is -0.187. The highest BCUT2D eigenvalue weighted by atomic mass is 79.9. The molecule has 5 heteroatoms. The van der Waals surface area contributed by atoms with Crippen LogP contribution in [0.15, 0.2) is 16.7 Å². The highest BCUT2D eigenvalue weighted by Crippen LogP contribution is 2.27. The minimum Gasteiger partial charge on any atom is -0.467 e. The first-order valence-electron chi connectivity index (χ1n) is 5.60. The second kappa shape index (κ2) is 5.04. The van der Waals surface area contributed by atoms with Gasteiger partial charge in [0.2, 0.25) is 0 Å². The van der Waals surface area contributed by atoms with Gasteiger partial charge in [-0.3, -0.25) is 0 Å². The zero-order valence-corrected chi connectivity index (χ0v) is 11.5. The number of halogens is 1. The lowest BCUT2D eigenvalue weighted by molar-refractivity contribution is -0.141. The van der Waals surface area contributed by atoms with E-state index in [0.717, 1.165) is 35.2 Å². The minimum absolute atomic E-state index is 0.176. The third kappa shape index (κ3) is 2.44. The summed E-state index contributed by atoms with van der Waals surface area (Å²) in [6.07, 6.45) is 3.61. The average molecular weight is 299 g/mol. The van der Waals surface area contributed by atoms with E-state index in [-0.39, 0.29) is 12.0 Å². The molecular weight excluding hydrogens is 284 g/mol. The third-order valence-corrected chi connectivity index (χ3v) is 3.88. The maximum absolute atomic E-state index is 11.6. The Labute approximate surface area is 109 Å². The van der Waals surface area contributed by atoms with Crippen LogP contribution in [-0.2, 0) is 9.53 Å². The van der Waals surface area contributed by atoms with E-state index in [1.54, 1.807) is 6.20 Å². The molecule has 1 fully saturated rings. The highest BCUT2D eigenvalue weighted by molar-refractivity contribution is 9.10. The van der Waals surface area contributed by atoms with Crippen LogP contribution in [0, 0.1) is 6.92 Å². The van der Waals surface area contributed by atoms with Crippen molar-refractivity contribution in [3.8, 4) is 0 Å². The van der Waals surface area contributed by atoms with Gasteiger partial charge >= 0.3 is 5.97 Å². The molecular formula is C12H15BrN2O2. The topological polar surface area (TPSA) is 42.4 Å². The molecule has 0 aromatic carbocycles. The molecule has 4 nitrogen and oxygen atoms in total. The number of hydrogen-bond acceptors (Lipinski definition) is 4. The predicted molar refractivity (Wildman–Crippen MR) is 69.1 cm³/mol. The van der Waals surface area contributed by atoms with Gasteiger partial charge < -0.3 is 9.64 Å². The molecule has 1 aliphatic heterocycles. The average Bonchev–Trinajstić information content (AvgIpc) is 2.80. The number of esters is 1. The Kier molecular flexibility index (Phi) is 3.66. The first-order valence-corrected chi connectivity index (χ1v) is 6.39. The first-order chi connectivity index (χ1) is 8.13. The number of aromatic nitrogens is 1. The number of carbonyl (C=O) groups excluding carboxylic acids is 1. The van der Waals surface area contributed by atoms with Crippen molar-refractivity contribution < 1.29 is 9.53 Å². The van der Waals surface area contributed by atoms with Crippen LogP contribution in [0.2, 0.25) is 0 Å². The van der Waals surface area contributed by atoms with E-state index in [2.05, 4.69) is 20.9 Å². The molecule has 2 rings (SSSR count). The van der Waals surface area contributed by atoms with E-state index >= 15 is 0 Å². The van der Waals surface area contributed by atoms with Crippen LogP contribution in [0.25, 0.3) is 0 Å². The van der Waals surface area contributed by atoms with Crippen molar-refractivity contribution in [2.75, 3.05) is 18.6 Å².